The molecule has 0 aliphatic carbocycles. The van der Waals surface area contributed by atoms with Gasteiger partial charge in [0.15, 0.2) is 0 Å². The summed E-state index contributed by atoms with van der Waals surface area (Å²) in [6.45, 7) is 4.24. The molecule has 3 amide bonds. The van der Waals surface area contributed by atoms with E-state index >= 15 is 0 Å². The first-order valence-corrected chi connectivity index (χ1v) is 6.75. The van der Waals surface area contributed by atoms with Crippen LogP contribution in [0.2, 0.25) is 0 Å². The molecule has 4 N–H and O–H groups in total. The second-order valence-electron chi connectivity index (χ2n) is 5.28. The van der Waals surface area contributed by atoms with Crippen LogP contribution in [0.25, 0.3) is 0 Å². The highest BCUT2D eigenvalue weighted by atomic mass is 16.4. The van der Waals surface area contributed by atoms with Crippen molar-refractivity contribution in [3.05, 3.63) is 0 Å². The molecule has 0 aromatic carbocycles. The summed E-state index contributed by atoms with van der Waals surface area (Å²) >= 11 is 0. The normalized spacial score (nSPS) is 10.8. The zero-order chi connectivity index (χ0) is 15.6. The summed E-state index contributed by atoms with van der Waals surface area (Å²) in [5, 5.41) is 16.3. The summed E-state index contributed by atoms with van der Waals surface area (Å²) in [5.41, 5.74) is -0.659. The maximum atomic E-state index is 11.5. The first-order valence-electron chi connectivity index (χ1n) is 6.75. The van der Waals surface area contributed by atoms with Gasteiger partial charge in [-0.25, -0.2) is 4.79 Å². The number of rotatable bonds is 9. The Balaban J connectivity index is 3.69. The average molecular weight is 287 g/mol. The number of carboxylic acid groups (broad SMARTS) is 1. The molecule has 0 aliphatic rings. The largest absolute Gasteiger partial charge is 0.481 e. The smallest absolute Gasteiger partial charge is 0.314 e. The molecule has 0 spiro atoms. The Labute approximate surface area is 119 Å². The van der Waals surface area contributed by atoms with Crippen molar-refractivity contribution in [3.63, 3.8) is 0 Å². The van der Waals surface area contributed by atoms with Gasteiger partial charge in [0, 0.05) is 26.6 Å². The molecule has 0 radical (unpaired) electrons. The van der Waals surface area contributed by atoms with Crippen LogP contribution in [0.4, 0.5) is 4.79 Å². The molecule has 0 saturated carbocycles. The molecule has 0 unspecified atom stereocenters. The van der Waals surface area contributed by atoms with E-state index in [0.717, 1.165) is 12.8 Å². The van der Waals surface area contributed by atoms with Crippen LogP contribution in [-0.2, 0) is 9.59 Å². The van der Waals surface area contributed by atoms with Crippen molar-refractivity contribution in [2.45, 2.75) is 39.5 Å². The molecule has 116 valence electrons. The minimum Gasteiger partial charge on any atom is -0.481 e. The number of carbonyl (C=O) groups excluding carboxylic acids is 2. The number of aliphatic carboxylic acids is 1. The fourth-order valence-corrected chi connectivity index (χ4v) is 1.56. The maximum Gasteiger partial charge on any atom is 0.314 e. The van der Waals surface area contributed by atoms with Crippen LogP contribution in [-0.4, -0.2) is 43.2 Å². The molecular weight excluding hydrogens is 262 g/mol. The highest BCUT2D eigenvalue weighted by Crippen LogP contribution is 2.12. The van der Waals surface area contributed by atoms with E-state index in [0.29, 0.717) is 13.0 Å². The lowest BCUT2D eigenvalue weighted by atomic mass is 9.92. The third-order valence-corrected chi connectivity index (χ3v) is 2.89. The van der Waals surface area contributed by atoms with Crippen molar-refractivity contribution in [3.8, 4) is 0 Å². The molecule has 0 rings (SSSR count). The number of unbranched alkanes of at least 4 members (excludes halogenated alkanes) is 2. The van der Waals surface area contributed by atoms with E-state index in [9.17, 15) is 14.4 Å². The molecule has 0 atom stereocenters. The number of hydrogen-bond donors (Lipinski definition) is 4. The third kappa shape index (κ3) is 8.34. The molecule has 0 fully saturated rings. The van der Waals surface area contributed by atoms with Crippen molar-refractivity contribution in [2.75, 3.05) is 20.1 Å². The number of carbonyl (C=O) groups is 3. The minimum atomic E-state index is -0.799. The van der Waals surface area contributed by atoms with Crippen LogP contribution < -0.4 is 16.0 Å². The van der Waals surface area contributed by atoms with Gasteiger partial charge < -0.3 is 21.1 Å². The molecule has 0 saturated heterocycles. The first-order chi connectivity index (χ1) is 9.29. The molecule has 0 aromatic heterocycles. The van der Waals surface area contributed by atoms with Crippen molar-refractivity contribution in [2.24, 2.45) is 5.41 Å². The second-order valence-corrected chi connectivity index (χ2v) is 5.28. The number of urea groups is 1. The monoisotopic (exact) mass is 287 g/mol. The van der Waals surface area contributed by atoms with Gasteiger partial charge in [-0.1, -0.05) is 6.42 Å². The molecule has 0 bridgehead atoms. The van der Waals surface area contributed by atoms with Gasteiger partial charge in [-0.3, -0.25) is 9.59 Å². The van der Waals surface area contributed by atoms with E-state index in [1.165, 1.54) is 0 Å². The van der Waals surface area contributed by atoms with Crippen LogP contribution in [0.3, 0.4) is 0 Å². The summed E-state index contributed by atoms with van der Waals surface area (Å²) in [7, 11) is 1.56. The minimum absolute atomic E-state index is 0.133. The maximum absolute atomic E-state index is 11.5. The Morgan fingerprint density at radius 3 is 2.25 bits per heavy atom. The van der Waals surface area contributed by atoms with Crippen LogP contribution >= 0.6 is 0 Å². The third-order valence-electron chi connectivity index (χ3n) is 2.89. The predicted octanol–water partition coefficient (Wildman–Crippen LogP) is 0.703. The van der Waals surface area contributed by atoms with E-state index in [4.69, 9.17) is 5.11 Å². The molecular formula is C13H25N3O4. The van der Waals surface area contributed by atoms with Gasteiger partial charge >= 0.3 is 12.0 Å². The first kappa shape index (κ1) is 18.2. The van der Waals surface area contributed by atoms with Crippen molar-refractivity contribution in [1.29, 1.82) is 0 Å². The zero-order valence-electron chi connectivity index (χ0n) is 12.4. The molecule has 0 heterocycles. The van der Waals surface area contributed by atoms with Gasteiger partial charge in [-0.15, -0.1) is 0 Å². The summed E-state index contributed by atoms with van der Waals surface area (Å²) in [4.78, 5) is 33.3. The molecule has 7 heteroatoms. The lowest BCUT2D eigenvalue weighted by Gasteiger charge is -2.22. The van der Waals surface area contributed by atoms with E-state index < -0.39 is 11.4 Å². The summed E-state index contributed by atoms with van der Waals surface area (Å²) < 4.78 is 0. The van der Waals surface area contributed by atoms with Gasteiger partial charge in [0.25, 0.3) is 0 Å². The van der Waals surface area contributed by atoms with E-state index in [-0.39, 0.29) is 24.9 Å². The number of amides is 3. The van der Waals surface area contributed by atoms with Crippen molar-refractivity contribution < 1.29 is 19.5 Å². The van der Waals surface area contributed by atoms with Crippen LogP contribution in [0.5, 0.6) is 0 Å². The predicted molar refractivity (Wildman–Crippen MR) is 75.4 cm³/mol. The van der Waals surface area contributed by atoms with Crippen LogP contribution in [0.1, 0.15) is 39.5 Å². The van der Waals surface area contributed by atoms with E-state index in [1.54, 1.807) is 20.9 Å². The Bertz CT molecular complexity index is 343. The molecule has 0 aliphatic heterocycles. The second kappa shape index (κ2) is 9.17. The SMILES string of the molecule is CNC(=O)C(C)(C)CNC(=O)NCCCCCC(=O)O. The number of hydrogen-bond acceptors (Lipinski definition) is 3. The Hall–Kier alpha value is -1.79. The van der Waals surface area contributed by atoms with Gasteiger partial charge in [-0.05, 0) is 26.7 Å². The molecule has 7 nitrogen and oxygen atoms in total. The van der Waals surface area contributed by atoms with E-state index in [2.05, 4.69) is 16.0 Å². The van der Waals surface area contributed by atoms with Crippen molar-refractivity contribution in [1.82, 2.24) is 16.0 Å². The lowest BCUT2D eigenvalue weighted by Crippen LogP contribution is -2.46. The van der Waals surface area contributed by atoms with Crippen LogP contribution in [0, 0.1) is 5.41 Å². The molecule has 0 aromatic rings. The average Bonchev–Trinajstić information content (AvgIpc) is 2.39. The highest BCUT2D eigenvalue weighted by Gasteiger charge is 2.26. The summed E-state index contributed by atoms with van der Waals surface area (Å²) in [6.07, 6.45) is 2.27. The zero-order valence-corrected chi connectivity index (χ0v) is 12.4. The Morgan fingerprint density at radius 2 is 1.70 bits per heavy atom. The fraction of sp³-hybridized carbons (Fsp3) is 0.769. The van der Waals surface area contributed by atoms with Gasteiger partial charge in [0.1, 0.15) is 0 Å². The van der Waals surface area contributed by atoms with Gasteiger partial charge in [-0.2, -0.15) is 0 Å². The molecule has 20 heavy (non-hydrogen) atoms. The summed E-state index contributed by atoms with van der Waals surface area (Å²) in [6, 6.07) is -0.319. The van der Waals surface area contributed by atoms with Crippen molar-refractivity contribution >= 4 is 17.9 Å². The standard InChI is InChI=1S/C13H25N3O4/c1-13(2,11(19)14-3)9-16-12(20)15-8-6-4-5-7-10(17)18/h4-9H2,1-3H3,(H,14,19)(H,17,18)(H2,15,16,20). The Kier molecular flexibility index (Phi) is 8.35. The Morgan fingerprint density at radius 1 is 1.05 bits per heavy atom. The lowest BCUT2D eigenvalue weighted by molar-refractivity contribution is -0.137. The number of carboxylic acids is 1. The highest BCUT2D eigenvalue weighted by molar-refractivity contribution is 5.82. The summed E-state index contributed by atoms with van der Waals surface area (Å²) in [5.74, 6) is -0.932. The van der Waals surface area contributed by atoms with E-state index in [1.807, 2.05) is 0 Å². The van der Waals surface area contributed by atoms with Gasteiger partial charge in [0.2, 0.25) is 5.91 Å². The topological polar surface area (TPSA) is 108 Å². The number of nitrogens with one attached hydrogen (secondary N) is 3. The van der Waals surface area contributed by atoms with Gasteiger partial charge in [0.05, 0.1) is 5.41 Å². The quantitative estimate of drug-likeness (QED) is 0.468. The fourth-order valence-electron chi connectivity index (χ4n) is 1.56. The van der Waals surface area contributed by atoms with Crippen LogP contribution in [0.15, 0.2) is 0 Å².